The Bertz CT molecular complexity index is 124. The van der Waals surface area contributed by atoms with Crippen LogP contribution in [0.1, 0.15) is 25.7 Å². The average molecular weight is 169 g/mol. The first kappa shape index (κ1) is 8.52. The number of quaternary nitrogens is 1. The second-order valence-corrected chi connectivity index (χ2v) is 4.32. The third kappa shape index (κ3) is 2.20. The summed E-state index contributed by atoms with van der Waals surface area (Å²) in [6.45, 7) is 6.71. The van der Waals surface area contributed by atoms with E-state index in [1.807, 2.05) is 0 Å². The maximum atomic E-state index is 2.66. The Balaban J connectivity index is 1.69. The molecule has 1 aliphatic heterocycles. The highest BCUT2D eigenvalue weighted by atomic mass is 15.2. The van der Waals surface area contributed by atoms with Gasteiger partial charge in [0.25, 0.3) is 0 Å². The van der Waals surface area contributed by atoms with Crippen molar-refractivity contribution in [1.29, 1.82) is 0 Å². The Morgan fingerprint density at radius 2 is 1.75 bits per heavy atom. The minimum Gasteiger partial charge on any atom is -0.344 e. The molecule has 1 saturated heterocycles. The van der Waals surface area contributed by atoms with Crippen molar-refractivity contribution in [2.24, 2.45) is 5.92 Å². The molecule has 2 N–H and O–H groups in total. The Kier molecular flexibility index (Phi) is 3.01. The third-order valence-corrected chi connectivity index (χ3v) is 3.29. The molecule has 2 heteroatoms. The second-order valence-electron chi connectivity index (χ2n) is 4.32. The molecule has 2 aliphatic rings. The predicted octanol–water partition coefficient (Wildman–Crippen LogP) is 0.0556. The number of hydrogen-bond donors (Lipinski definition) is 1. The zero-order valence-electron chi connectivity index (χ0n) is 7.97. The van der Waals surface area contributed by atoms with Gasteiger partial charge in [-0.05, 0) is 18.8 Å². The van der Waals surface area contributed by atoms with Gasteiger partial charge in [-0.2, -0.15) is 0 Å². The number of nitrogens with zero attached hydrogens (tertiary/aromatic N) is 1. The summed E-state index contributed by atoms with van der Waals surface area (Å²) in [5.74, 6) is 1.04. The van der Waals surface area contributed by atoms with Gasteiger partial charge < -0.3 is 5.32 Å². The summed E-state index contributed by atoms with van der Waals surface area (Å²) in [7, 11) is 0. The van der Waals surface area contributed by atoms with E-state index in [9.17, 15) is 0 Å². The molecule has 1 aliphatic carbocycles. The van der Waals surface area contributed by atoms with E-state index in [0.29, 0.717) is 0 Å². The molecule has 12 heavy (non-hydrogen) atoms. The molecule has 1 heterocycles. The Morgan fingerprint density at radius 3 is 2.42 bits per heavy atom. The lowest BCUT2D eigenvalue weighted by atomic mass is 10.1. The monoisotopic (exact) mass is 169 g/mol. The first-order valence-corrected chi connectivity index (χ1v) is 5.49. The maximum absolute atomic E-state index is 2.66. The lowest BCUT2D eigenvalue weighted by Crippen LogP contribution is -2.89. The van der Waals surface area contributed by atoms with Gasteiger partial charge in [0.2, 0.25) is 0 Å². The molecule has 0 unspecified atom stereocenters. The van der Waals surface area contributed by atoms with Crippen molar-refractivity contribution >= 4 is 0 Å². The molecule has 0 aromatic rings. The van der Waals surface area contributed by atoms with Crippen LogP contribution in [0.4, 0.5) is 0 Å². The van der Waals surface area contributed by atoms with Gasteiger partial charge in [-0.3, -0.25) is 4.90 Å². The minimum absolute atomic E-state index is 1.04. The van der Waals surface area contributed by atoms with Crippen LogP contribution in [0, 0.1) is 5.92 Å². The van der Waals surface area contributed by atoms with Gasteiger partial charge in [-0.15, -0.1) is 0 Å². The van der Waals surface area contributed by atoms with Crippen molar-refractivity contribution in [2.45, 2.75) is 25.7 Å². The molecule has 2 nitrogen and oxygen atoms in total. The van der Waals surface area contributed by atoms with Gasteiger partial charge in [0, 0.05) is 19.6 Å². The largest absolute Gasteiger partial charge is 0.344 e. The molecular weight excluding hydrogens is 148 g/mol. The second kappa shape index (κ2) is 4.24. The van der Waals surface area contributed by atoms with Gasteiger partial charge in [0.15, 0.2) is 0 Å². The summed E-state index contributed by atoms with van der Waals surface area (Å²) in [6, 6.07) is 0. The van der Waals surface area contributed by atoms with Crippen LogP contribution in [-0.4, -0.2) is 37.6 Å². The molecule has 2 fully saturated rings. The first-order valence-electron chi connectivity index (χ1n) is 5.49. The van der Waals surface area contributed by atoms with Crippen LogP contribution >= 0.6 is 0 Å². The fraction of sp³-hybridized carbons (Fsp3) is 1.00. The van der Waals surface area contributed by atoms with Crippen molar-refractivity contribution in [2.75, 3.05) is 32.7 Å². The predicted molar refractivity (Wildman–Crippen MR) is 50.1 cm³/mol. The van der Waals surface area contributed by atoms with E-state index >= 15 is 0 Å². The molecule has 0 spiro atoms. The summed E-state index contributed by atoms with van der Waals surface area (Å²) in [4.78, 5) is 2.66. The highest BCUT2D eigenvalue weighted by Gasteiger charge is 2.20. The molecule has 0 aromatic heterocycles. The summed E-state index contributed by atoms with van der Waals surface area (Å²) in [5, 5.41) is 2.44. The zero-order chi connectivity index (χ0) is 8.23. The summed E-state index contributed by atoms with van der Waals surface area (Å²) in [5.41, 5.74) is 0. The summed E-state index contributed by atoms with van der Waals surface area (Å²) in [6.07, 6.45) is 5.98. The van der Waals surface area contributed by atoms with Crippen LogP contribution in [0.2, 0.25) is 0 Å². The minimum atomic E-state index is 1.04. The van der Waals surface area contributed by atoms with Crippen LogP contribution in [0.25, 0.3) is 0 Å². The van der Waals surface area contributed by atoms with Crippen molar-refractivity contribution in [3.8, 4) is 0 Å². The topological polar surface area (TPSA) is 19.9 Å². The molecule has 1 saturated carbocycles. The standard InChI is InChI=1S/C10H20N2/c1-2-4-10(3-1)9-12-7-5-11-6-8-12/h10-11H,1-9H2/p+1. The Morgan fingerprint density at radius 1 is 1.08 bits per heavy atom. The van der Waals surface area contributed by atoms with Crippen molar-refractivity contribution in [3.63, 3.8) is 0 Å². The van der Waals surface area contributed by atoms with E-state index in [4.69, 9.17) is 0 Å². The van der Waals surface area contributed by atoms with Crippen LogP contribution in [0.5, 0.6) is 0 Å². The van der Waals surface area contributed by atoms with E-state index in [0.717, 1.165) is 5.92 Å². The molecule has 0 radical (unpaired) electrons. The molecule has 70 valence electrons. The van der Waals surface area contributed by atoms with Gasteiger partial charge in [-0.1, -0.05) is 12.8 Å². The Hall–Kier alpha value is -0.0800. The van der Waals surface area contributed by atoms with Crippen molar-refractivity contribution < 1.29 is 5.32 Å². The SMILES string of the molecule is C1CCC(CN2CC[NH2+]CC2)C1. The van der Waals surface area contributed by atoms with E-state index in [-0.39, 0.29) is 0 Å². The van der Waals surface area contributed by atoms with E-state index in [1.165, 1.54) is 58.4 Å². The highest BCUT2D eigenvalue weighted by molar-refractivity contribution is 4.72. The van der Waals surface area contributed by atoms with Gasteiger partial charge in [-0.25, -0.2) is 0 Å². The Labute approximate surface area is 75.3 Å². The number of piperazine rings is 1. The van der Waals surface area contributed by atoms with E-state index in [2.05, 4.69) is 10.2 Å². The molecular formula is C10H21N2+. The molecule has 2 rings (SSSR count). The maximum Gasteiger partial charge on any atom is 0.0885 e. The molecule has 0 bridgehead atoms. The smallest absolute Gasteiger partial charge is 0.0885 e. The van der Waals surface area contributed by atoms with Gasteiger partial charge >= 0.3 is 0 Å². The van der Waals surface area contributed by atoms with Crippen LogP contribution in [0.3, 0.4) is 0 Å². The van der Waals surface area contributed by atoms with E-state index < -0.39 is 0 Å². The normalized spacial score (nSPS) is 28.0. The quantitative estimate of drug-likeness (QED) is 0.619. The highest BCUT2D eigenvalue weighted by Crippen LogP contribution is 2.25. The molecule has 0 atom stereocenters. The third-order valence-electron chi connectivity index (χ3n) is 3.29. The summed E-state index contributed by atoms with van der Waals surface area (Å²) >= 11 is 0. The van der Waals surface area contributed by atoms with Gasteiger partial charge in [0.1, 0.15) is 0 Å². The number of nitrogens with two attached hydrogens (primary N) is 1. The molecule has 0 amide bonds. The average Bonchev–Trinajstić information content (AvgIpc) is 2.59. The zero-order valence-corrected chi connectivity index (χ0v) is 7.97. The lowest BCUT2D eigenvalue weighted by Gasteiger charge is -2.27. The molecule has 0 aromatic carbocycles. The van der Waals surface area contributed by atoms with E-state index in [1.54, 1.807) is 0 Å². The van der Waals surface area contributed by atoms with Crippen molar-refractivity contribution in [3.05, 3.63) is 0 Å². The summed E-state index contributed by atoms with van der Waals surface area (Å²) < 4.78 is 0. The first-order chi connectivity index (χ1) is 5.95. The number of rotatable bonds is 2. The van der Waals surface area contributed by atoms with Gasteiger partial charge in [0.05, 0.1) is 13.1 Å². The number of hydrogen-bond acceptors (Lipinski definition) is 1. The van der Waals surface area contributed by atoms with Crippen LogP contribution in [-0.2, 0) is 0 Å². The van der Waals surface area contributed by atoms with Crippen molar-refractivity contribution in [1.82, 2.24) is 4.90 Å². The fourth-order valence-electron chi connectivity index (χ4n) is 2.54. The fourth-order valence-corrected chi connectivity index (χ4v) is 2.54. The lowest BCUT2D eigenvalue weighted by molar-refractivity contribution is -0.663. The van der Waals surface area contributed by atoms with Crippen LogP contribution in [0.15, 0.2) is 0 Å². The van der Waals surface area contributed by atoms with Crippen LogP contribution < -0.4 is 5.32 Å².